The van der Waals surface area contributed by atoms with E-state index in [9.17, 15) is 10.1 Å². The van der Waals surface area contributed by atoms with Crippen molar-refractivity contribution < 1.29 is 14.3 Å². The van der Waals surface area contributed by atoms with Gasteiger partial charge in [-0.05, 0) is 49.2 Å². The van der Waals surface area contributed by atoms with Crippen molar-refractivity contribution in [2.24, 2.45) is 0 Å². The number of benzene rings is 2. The average Bonchev–Trinajstić information content (AvgIpc) is 2.72. The van der Waals surface area contributed by atoms with Gasteiger partial charge in [0.15, 0.2) is 0 Å². The summed E-state index contributed by atoms with van der Waals surface area (Å²) in [5, 5.41) is 9.58. The Kier molecular flexibility index (Phi) is 6.69. The highest BCUT2D eigenvalue weighted by molar-refractivity contribution is 6.02. The summed E-state index contributed by atoms with van der Waals surface area (Å²) < 4.78 is 11.2. The van der Waals surface area contributed by atoms with Gasteiger partial charge in [-0.1, -0.05) is 36.4 Å². The molecule has 149 valence electrons. The molecule has 0 unspecified atom stereocenters. The van der Waals surface area contributed by atoms with E-state index in [4.69, 9.17) is 9.47 Å². The minimum absolute atomic E-state index is 0.133. The Morgan fingerprint density at radius 1 is 1.34 bits per heavy atom. The molecule has 0 saturated carbocycles. The summed E-state index contributed by atoms with van der Waals surface area (Å²) in [5.74, 6) is 0.556. The highest BCUT2D eigenvalue weighted by Gasteiger charge is 2.35. The van der Waals surface area contributed by atoms with Gasteiger partial charge in [0.1, 0.15) is 17.4 Å². The third-order valence-electron chi connectivity index (χ3n) is 4.85. The molecule has 0 N–H and O–H groups in total. The van der Waals surface area contributed by atoms with Crippen LogP contribution in [0, 0.1) is 17.4 Å². The van der Waals surface area contributed by atoms with E-state index in [1.807, 2.05) is 62.4 Å². The molecule has 0 bridgehead atoms. The van der Waals surface area contributed by atoms with Crippen molar-refractivity contribution in [3.63, 3.8) is 0 Å². The molecule has 1 heterocycles. The Labute approximate surface area is 172 Å². The molecule has 1 fully saturated rings. The second-order valence-corrected chi connectivity index (χ2v) is 7.57. The van der Waals surface area contributed by atoms with Crippen LogP contribution in [0.2, 0.25) is 0 Å². The second kappa shape index (κ2) is 9.40. The predicted molar refractivity (Wildman–Crippen MR) is 111 cm³/mol. The van der Waals surface area contributed by atoms with Crippen LogP contribution in [0.25, 0.3) is 6.08 Å². The number of amides is 1. The summed E-state index contributed by atoms with van der Waals surface area (Å²) >= 11 is 0. The van der Waals surface area contributed by atoms with Gasteiger partial charge in [0, 0.05) is 13.0 Å². The Balaban J connectivity index is 1.69. The average molecular weight is 389 g/mol. The molecule has 0 aromatic heterocycles. The molecule has 1 aliphatic rings. The minimum Gasteiger partial charge on any atom is -0.493 e. The lowest BCUT2D eigenvalue weighted by Gasteiger charge is -2.41. The van der Waals surface area contributed by atoms with Gasteiger partial charge >= 0.3 is 0 Å². The van der Waals surface area contributed by atoms with E-state index in [1.54, 1.807) is 11.0 Å². The molecule has 29 heavy (non-hydrogen) atoms. The summed E-state index contributed by atoms with van der Waals surface area (Å²) in [6, 6.07) is 20.2. The second-order valence-electron chi connectivity index (χ2n) is 7.57. The number of carbonyl (C=O) groups is 1. The zero-order chi connectivity index (χ0) is 20.7. The molecule has 1 radical (unpaired) electrons. The first-order chi connectivity index (χ1) is 14.0. The van der Waals surface area contributed by atoms with Gasteiger partial charge in [-0.2, -0.15) is 5.26 Å². The van der Waals surface area contributed by atoms with Crippen molar-refractivity contribution in [3.8, 4) is 11.8 Å². The van der Waals surface area contributed by atoms with Crippen LogP contribution in [0.4, 0.5) is 0 Å². The Hall–Kier alpha value is -3.10. The monoisotopic (exact) mass is 389 g/mol. The lowest BCUT2D eigenvalue weighted by molar-refractivity contribution is -0.141. The van der Waals surface area contributed by atoms with E-state index in [-0.39, 0.29) is 11.5 Å². The highest BCUT2D eigenvalue weighted by atomic mass is 16.5. The molecule has 2 aromatic rings. The molecular weight excluding hydrogens is 364 g/mol. The number of morpholine rings is 1. The number of carbonyl (C=O) groups excluding carboxylic acids is 1. The van der Waals surface area contributed by atoms with Crippen LogP contribution in [0.5, 0.6) is 5.75 Å². The smallest absolute Gasteiger partial charge is 0.265 e. The van der Waals surface area contributed by atoms with Crippen LogP contribution in [-0.4, -0.2) is 42.7 Å². The standard InChI is InChI=1S/C24H25N2O3/c1-24(2)18-28-14-12-26(24)23(27)21(17-25)16-20-8-6-7-19(15-20)11-13-29-22-9-4-3-5-10-22/h4-10,15-16H,11-14,18H2,1-2H3. The van der Waals surface area contributed by atoms with Crippen molar-refractivity contribution in [1.29, 1.82) is 5.26 Å². The zero-order valence-electron chi connectivity index (χ0n) is 16.9. The molecule has 0 atom stereocenters. The molecule has 1 saturated heterocycles. The summed E-state index contributed by atoms with van der Waals surface area (Å²) in [4.78, 5) is 14.6. The summed E-state index contributed by atoms with van der Waals surface area (Å²) in [5.41, 5.74) is 1.61. The lowest BCUT2D eigenvalue weighted by atomic mass is 10.00. The van der Waals surface area contributed by atoms with Gasteiger partial charge in [-0.25, -0.2) is 0 Å². The molecule has 5 heteroatoms. The summed E-state index contributed by atoms with van der Waals surface area (Å²) in [6.45, 7) is 5.88. The molecule has 1 amide bonds. The van der Waals surface area contributed by atoms with E-state index < -0.39 is 5.54 Å². The fourth-order valence-corrected chi connectivity index (χ4v) is 3.28. The van der Waals surface area contributed by atoms with Crippen molar-refractivity contribution >= 4 is 12.0 Å². The van der Waals surface area contributed by atoms with Crippen molar-refractivity contribution in [3.05, 3.63) is 71.3 Å². The van der Waals surface area contributed by atoms with Gasteiger partial charge in [-0.15, -0.1) is 0 Å². The fraction of sp³-hybridized carbons (Fsp3) is 0.333. The minimum atomic E-state index is -0.431. The molecule has 2 aromatic carbocycles. The molecule has 0 aliphatic carbocycles. The van der Waals surface area contributed by atoms with E-state index in [1.165, 1.54) is 0 Å². The van der Waals surface area contributed by atoms with Crippen molar-refractivity contribution in [2.45, 2.75) is 25.8 Å². The molecule has 5 nitrogen and oxygen atoms in total. The highest BCUT2D eigenvalue weighted by Crippen LogP contribution is 2.22. The summed E-state index contributed by atoms with van der Waals surface area (Å²) in [6.07, 6.45) is 2.39. The van der Waals surface area contributed by atoms with Crippen molar-refractivity contribution in [2.75, 3.05) is 26.4 Å². The molecular formula is C24H25N2O3. The number of nitriles is 1. The number of nitrogens with zero attached hydrogens (tertiary/aromatic N) is 2. The van der Waals surface area contributed by atoms with Crippen LogP contribution in [0.15, 0.2) is 54.1 Å². The number of ether oxygens (including phenoxy) is 2. The lowest BCUT2D eigenvalue weighted by Crippen LogP contribution is -2.55. The van der Waals surface area contributed by atoms with Gasteiger partial charge in [-0.3, -0.25) is 4.79 Å². The first kappa shape index (κ1) is 20.6. The maximum absolute atomic E-state index is 12.9. The SMILES string of the molecule is CC1(C)COCCN1C(=O)C(C#N)=Cc1cccc(CCOc2cc[c]cc2)c1. The van der Waals surface area contributed by atoms with Gasteiger partial charge in [0.2, 0.25) is 0 Å². The third kappa shape index (κ3) is 5.46. The zero-order valence-corrected chi connectivity index (χ0v) is 16.9. The van der Waals surface area contributed by atoms with Crippen LogP contribution in [0.3, 0.4) is 0 Å². The molecule has 3 rings (SSSR count). The summed E-state index contributed by atoms with van der Waals surface area (Å²) in [7, 11) is 0. The van der Waals surface area contributed by atoms with E-state index in [2.05, 4.69) is 12.1 Å². The first-order valence-corrected chi connectivity index (χ1v) is 9.69. The number of rotatable bonds is 6. The maximum Gasteiger partial charge on any atom is 0.265 e. The number of hydrogen-bond acceptors (Lipinski definition) is 4. The van der Waals surface area contributed by atoms with Gasteiger partial charge < -0.3 is 14.4 Å². The van der Waals surface area contributed by atoms with Crippen LogP contribution < -0.4 is 4.74 Å². The Morgan fingerprint density at radius 2 is 2.14 bits per heavy atom. The third-order valence-corrected chi connectivity index (χ3v) is 4.85. The quantitative estimate of drug-likeness (QED) is 0.559. The Bertz CT molecular complexity index is 913. The van der Waals surface area contributed by atoms with Crippen LogP contribution in [-0.2, 0) is 16.0 Å². The van der Waals surface area contributed by atoms with E-state index >= 15 is 0 Å². The van der Waals surface area contributed by atoms with Gasteiger partial charge in [0.25, 0.3) is 5.91 Å². The van der Waals surface area contributed by atoms with Gasteiger partial charge in [0.05, 0.1) is 25.4 Å². The van der Waals surface area contributed by atoms with Crippen LogP contribution in [0.1, 0.15) is 25.0 Å². The molecule has 1 aliphatic heterocycles. The largest absolute Gasteiger partial charge is 0.493 e. The maximum atomic E-state index is 12.9. The Morgan fingerprint density at radius 3 is 2.86 bits per heavy atom. The van der Waals surface area contributed by atoms with E-state index in [0.717, 1.165) is 23.3 Å². The van der Waals surface area contributed by atoms with Crippen molar-refractivity contribution in [1.82, 2.24) is 4.90 Å². The van der Waals surface area contributed by atoms with Crippen LogP contribution >= 0.6 is 0 Å². The predicted octanol–water partition coefficient (Wildman–Crippen LogP) is 3.65. The normalized spacial score (nSPS) is 16.2. The number of hydrogen-bond donors (Lipinski definition) is 0. The fourth-order valence-electron chi connectivity index (χ4n) is 3.28. The topological polar surface area (TPSA) is 62.6 Å². The van der Waals surface area contributed by atoms with E-state index in [0.29, 0.717) is 26.4 Å². The first-order valence-electron chi connectivity index (χ1n) is 9.69. The molecule has 0 spiro atoms.